The Kier molecular flexibility index (Phi) is 8.54. The summed E-state index contributed by atoms with van der Waals surface area (Å²) >= 11 is 0. The number of ether oxygens (including phenoxy) is 3. The predicted molar refractivity (Wildman–Crippen MR) is 146 cm³/mol. The Hall–Kier alpha value is -3.75. The molecule has 2 aromatic rings. The van der Waals surface area contributed by atoms with Gasteiger partial charge in [0.15, 0.2) is 4.90 Å². The number of sulfonamides is 1. The molecule has 0 bridgehead atoms. The predicted octanol–water partition coefficient (Wildman–Crippen LogP) is 5.07. The second-order valence-electron chi connectivity index (χ2n) is 10.5. The monoisotopic (exact) mass is 614 g/mol. The molecule has 1 aliphatic carbocycles. The Balaban J connectivity index is 1.71. The number of benzene rings is 1. The second kappa shape index (κ2) is 11.5. The molecule has 0 fully saturated rings. The van der Waals surface area contributed by atoms with Crippen molar-refractivity contribution in [2.24, 2.45) is 5.92 Å². The van der Waals surface area contributed by atoms with Crippen LogP contribution in [-0.4, -0.2) is 61.1 Å². The largest absolute Gasteiger partial charge is 0.486 e. The molecule has 0 spiro atoms. The van der Waals surface area contributed by atoms with Crippen LogP contribution in [0.4, 0.5) is 29.3 Å². The van der Waals surface area contributed by atoms with Crippen molar-refractivity contribution < 1.29 is 45.4 Å². The number of carbonyl (C=O) groups excluding carboxylic acids is 2. The zero-order valence-electron chi connectivity index (χ0n) is 23.8. The lowest BCUT2D eigenvalue weighted by molar-refractivity contribution is -0.242. The molecule has 11 nitrogen and oxygen atoms in total. The fraction of sp³-hybridized carbons (Fsp3) is 0.519. The maximum absolute atomic E-state index is 14.1. The van der Waals surface area contributed by atoms with Gasteiger partial charge in [0, 0.05) is 24.3 Å². The first-order valence-electron chi connectivity index (χ1n) is 13.4. The number of hydrogen-bond donors (Lipinski definition) is 1. The number of fused-ring (bicyclic) bond motifs is 1. The number of hydrogen-bond acceptors (Lipinski definition) is 8. The second-order valence-corrected chi connectivity index (χ2v) is 12.3. The maximum Gasteiger partial charge on any atom is 0.427 e. The number of allylic oxidation sites excluding steroid dienone is 2. The molecule has 1 amide bonds. The average molecular weight is 615 g/mol. The third kappa shape index (κ3) is 6.50. The van der Waals surface area contributed by atoms with Crippen molar-refractivity contribution in [3.8, 4) is 11.6 Å². The standard InChI is InChI=1S/C27H33F3N4O7S/c1-6-33-15-23(24(32-33)39-7-2)42(37,38)34-14-19(13-20(16(3)35)17-8-9-17)40-22-11-10-18(12-21(22)34)31-25(36)41-26(4,5)27(28,29)30/h8,10-12,15,19-20H,6-7,9,13-14H2,1-5H3,(H,31,36). The Labute approximate surface area is 241 Å². The number of halogens is 3. The van der Waals surface area contributed by atoms with Gasteiger partial charge in [-0.3, -0.25) is 19.1 Å². The Morgan fingerprint density at radius 3 is 2.50 bits per heavy atom. The molecule has 230 valence electrons. The highest BCUT2D eigenvalue weighted by atomic mass is 32.2. The van der Waals surface area contributed by atoms with Crippen LogP contribution in [0.15, 0.2) is 40.9 Å². The summed E-state index contributed by atoms with van der Waals surface area (Å²) in [6.07, 6.45) is -2.69. The Morgan fingerprint density at radius 1 is 1.24 bits per heavy atom. The number of amides is 1. The van der Waals surface area contributed by atoms with Crippen molar-refractivity contribution in [3.63, 3.8) is 0 Å². The molecular weight excluding hydrogens is 581 g/mol. The zero-order chi connectivity index (χ0) is 31.0. The molecule has 0 radical (unpaired) electrons. The number of carbonyl (C=O) groups is 2. The minimum Gasteiger partial charge on any atom is -0.486 e. The smallest absolute Gasteiger partial charge is 0.427 e. The van der Waals surface area contributed by atoms with Crippen molar-refractivity contribution in [2.45, 2.75) is 76.8 Å². The molecule has 15 heteroatoms. The fourth-order valence-electron chi connectivity index (χ4n) is 4.44. The quantitative estimate of drug-likeness (QED) is 0.348. The van der Waals surface area contributed by atoms with E-state index < -0.39 is 39.9 Å². The summed E-state index contributed by atoms with van der Waals surface area (Å²) in [4.78, 5) is 24.5. The minimum atomic E-state index is -4.82. The van der Waals surface area contributed by atoms with Crippen molar-refractivity contribution in [2.75, 3.05) is 22.8 Å². The zero-order valence-corrected chi connectivity index (χ0v) is 24.6. The molecular formula is C27H33F3N4O7S. The SMILES string of the molecule is CCOc1nn(CC)cc1S(=O)(=O)N1CC(CC(C(C)=O)C2=CC2)Oc2ccc(NC(=O)OC(C)(C)C(F)(F)F)cc21. The summed E-state index contributed by atoms with van der Waals surface area (Å²) in [5.41, 5.74) is -1.81. The van der Waals surface area contributed by atoms with Crippen molar-refractivity contribution in [1.82, 2.24) is 9.78 Å². The summed E-state index contributed by atoms with van der Waals surface area (Å²) in [5.74, 6) is -0.445. The van der Waals surface area contributed by atoms with Gasteiger partial charge in [-0.1, -0.05) is 11.6 Å². The highest BCUT2D eigenvalue weighted by molar-refractivity contribution is 7.93. The summed E-state index contributed by atoms with van der Waals surface area (Å²) in [6.45, 7) is 6.70. The molecule has 42 heavy (non-hydrogen) atoms. The third-order valence-corrected chi connectivity index (χ3v) is 8.68. The normalized spacial score (nSPS) is 17.5. The van der Waals surface area contributed by atoms with Crippen molar-refractivity contribution in [1.29, 1.82) is 0 Å². The van der Waals surface area contributed by atoms with Gasteiger partial charge in [-0.05, 0) is 65.7 Å². The summed E-state index contributed by atoms with van der Waals surface area (Å²) in [5, 5.41) is 6.44. The molecule has 2 heterocycles. The number of ketones is 1. The van der Waals surface area contributed by atoms with Crippen LogP contribution in [0.3, 0.4) is 0 Å². The van der Waals surface area contributed by atoms with Gasteiger partial charge in [0.05, 0.1) is 18.8 Å². The van der Waals surface area contributed by atoms with E-state index in [1.807, 2.05) is 6.08 Å². The van der Waals surface area contributed by atoms with E-state index in [0.29, 0.717) is 26.8 Å². The number of rotatable bonds is 11. The Morgan fingerprint density at radius 2 is 1.93 bits per heavy atom. The van der Waals surface area contributed by atoms with E-state index in [1.54, 1.807) is 13.8 Å². The minimum absolute atomic E-state index is 0.0239. The van der Waals surface area contributed by atoms with Crippen LogP contribution in [0.5, 0.6) is 11.6 Å². The first kappa shape index (κ1) is 31.2. The maximum atomic E-state index is 14.1. The number of nitrogens with zero attached hydrogens (tertiary/aromatic N) is 3. The lowest BCUT2D eigenvalue weighted by Crippen LogP contribution is -2.45. The van der Waals surface area contributed by atoms with Gasteiger partial charge in [-0.2, -0.15) is 13.2 Å². The van der Waals surface area contributed by atoms with E-state index >= 15 is 0 Å². The van der Waals surface area contributed by atoms with Gasteiger partial charge in [0.1, 0.15) is 17.6 Å². The lowest BCUT2D eigenvalue weighted by atomic mass is 9.94. The van der Waals surface area contributed by atoms with Gasteiger partial charge in [-0.25, -0.2) is 13.2 Å². The highest BCUT2D eigenvalue weighted by Crippen LogP contribution is 2.43. The molecule has 2 unspecified atom stereocenters. The molecule has 1 aliphatic heterocycles. The van der Waals surface area contributed by atoms with Crippen LogP contribution in [-0.2, 0) is 26.1 Å². The number of aromatic nitrogens is 2. The van der Waals surface area contributed by atoms with E-state index in [2.05, 4.69) is 15.2 Å². The fourth-order valence-corrected chi connectivity index (χ4v) is 6.01. The number of aryl methyl sites for hydroxylation is 1. The first-order chi connectivity index (χ1) is 19.6. The van der Waals surface area contributed by atoms with E-state index in [0.717, 1.165) is 9.88 Å². The first-order valence-corrected chi connectivity index (χ1v) is 14.8. The molecule has 1 aromatic carbocycles. The summed E-state index contributed by atoms with van der Waals surface area (Å²) in [7, 11) is -4.35. The number of nitrogens with one attached hydrogen (secondary N) is 1. The molecule has 1 aromatic heterocycles. The summed E-state index contributed by atoms with van der Waals surface area (Å²) in [6, 6.07) is 4.01. The van der Waals surface area contributed by atoms with Crippen molar-refractivity contribution >= 4 is 33.3 Å². The van der Waals surface area contributed by atoms with E-state index in [-0.39, 0.29) is 53.3 Å². The number of alkyl halides is 3. The molecule has 0 saturated heterocycles. The number of Topliss-reactive ketones (excluding diaryl/α,β-unsaturated/α-hetero) is 1. The van der Waals surface area contributed by atoms with Crippen LogP contribution >= 0.6 is 0 Å². The van der Waals surface area contributed by atoms with Gasteiger partial charge in [-0.15, -0.1) is 5.10 Å². The molecule has 1 N–H and O–H groups in total. The average Bonchev–Trinajstić information content (AvgIpc) is 3.64. The molecule has 0 saturated carbocycles. The topological polar surface area (TPSA) is 129 Å². The molecule has 2 aliphatic rings. The van der Waals surface area contributed by atoms with Crippen LogP contribution in [0.2, 0.25) is 0 Å². The van der Waals surface area contributed by atoms with Crippen molar-refractivity contribution in [3.05, 3.63) is 36.0 Å². The molecule has 2 atom stereocenters. The molecule has 4 rings (SSSR count). The summed E-state index contributed by atoms with van der Waals surface area (Å²) < 4.78 is 86.6. The van der Waals surface area contributed by atoms with E-state index in [4.69, 9.17) is 9.47 Å². The Bertz CT molecular complexity index is 1500. The van der Waals surface area contributed by atoms with Crippen LogP contribution in [0.1, 0.15) is 47.5 Å². The van der Waals surface area contributed by atoms with Gasteiger partial charge in [0.25, 0.3) is 15.9 Å². The third-order valence-electron chi connectivity index (χ3n) is 6.91. The van der Waals surface area contributed by atoms with Gasteiger partial charge >= 0.3 is 12.3 Å². The van der Waals surface area contributed by atoms with Crippen LogP contribution in [0.25, 0.3) is 0 Å². The van der Waals surface area contributed by atoms with E-state index in [1.165, 1.54) is 36.0 Å². The van der Waals surface area contributed by atoms with Gasteiger partial charge < -0.3 is 14.2 Å². The number of anilines is 2. The van der Waals surface area contributed by atoms with Crippen LogP contribution < -0.4 is 19.1 Å². The van der Waals surface area contributed by atoms with E-state index in [9.17, 15) is 31.2 Å². The lowest BCUT2D eigenvalue weighted by Gasteiger charge is -2.36. The highest BCUT2D eigenvalue weighted by Gasteiger charge is 2.51. The van der Waals surface area contributed by atoms with Gasteiger partial charge in [0.2, 0.25) is 5.60 Å². The van der Waals surface area contributed by atoms with Crippen LogP contribution in [0, 0.1) is 5.92 Å².